The zero-order valence-electron chi connectivity index (χ0n) is 20.6. The summed E-state index contributed by atoms with van der Waals surface area (Å²) in [5.74, 6) is -0.755. The third-order valence-electron chi connectivity index (χ3n) is 6.02. The van der Waals surface area contributed by atoms with Gasteiger partial charge in [0, 0.05) is 31.2 Å². The summed E-state index contributed by atoms with van der Waals surface area (Å²) in [6, 6.07) is 13.8. The highest BCUT2D eigenvalue weighted by molar-refractivity contribution is 7.89. The maximum Gasteiger partial charge on any atom is 0.310 e. The summed E-state index contributed by atoms with van der Waals surface area (Å²) in [7, 11) is -3.97. The molecule has 35 heavy (non-hydrogen) atoms. The number of anilines is 2. The van der Waals surface area contributed by atoms with E-state index in [0.717, 1.165) is 12.0 Å². The first-order chi connectivity index (χ1) is 16.7. The van der Waals surface area contributed by atoms with Crippen molar-refractivity contribution in [2.45, 2.75) is 57.4 Å². The lowest BCUT2D eigenvalue weighted by Crippen LogP contribution is -2.40. The van der Waals surface area contributed by atoms with Crippen LogP contribution in [-0.4, -0.2) is 40.0 Å². The second kappa shape index (κ2) is 12.2. The van der Waals surface area contributed by atoms with E-state index in [9.17, 15) is 18.0 Å². The standard InChI is InChI=1S/C26H35N3O5S/c1-4-10-25(30)27-22-14-15-23(29-16-9-13-21(18-29)26(31)34-5-2)24(17-22)35(32,33)28-19(3)20-11-7-6-8-12-20/h6-8,11-12,14-15,17,19,21,28H,4-5,9-10,13,16,18H2,1-3H3,(H,27,30)/t19-,21-/m1/s1. The number of hydrogen-bond donors (Lipinski definition) is 2. The van der Waals surface area contributed by atoms with Gasteiger partial charge in [0.25, 0.3) is 0 Å². The number of piperidine rings is 1. The molecule has 1 aliphatic rings. The van der Waals surface area contributed by atoms with Crippen LogP contribution in [0.5, 0.6) is 0 Å². The normalized spacial score (nSPS) is 17.0. The van der Waals surface area contributed by atoms with Crippen molar-refractivity contribution in [3.05, 3.63) is 54.1 Å². The minimum atomic E-state index is -3.97. The van der Waals surface area contributed by atoms with Gasteiger partial charge in [-0.3, -0.25) is 9.59 Å². The first kappa shape index (κ1) is 26.7. The Labute approximate surface area is 208 Å². The number of esters is 1. The van der Waals surface area contributed by atoms with E-state index in [0.29, 0.717) is 50.3 Å². The summed E-state index contributed by atoms with van der Waals surface area (Å²) in [6.07, 6.45) is 2.48. The van der Waals surface area contributed by atoms with Crippen LogP contribution in [0.1, 0.15) is 58.1 Å². The van der Waals surface area contributed by atoms with Crippen molar-refractivity contribution in [1.29, 1.82) is 0 Å². The van der Waals surface area contributed by atoms with Crippen molar-refractivity contribution in [2.24, 2.45) is 5.92 Å². The smallest absolute Gasteiger partial charge is 0.310 e. The summed E-state index contributed by atoms with van der Waals surface area (Å²) in [5, 5.41) is 2.79. The van der Waals surface area contributed by atoms with E-state index in [1.807, 2.05) is 42.2 Å². The van der Waals surface area contributed by atoms with Crippen LogP contribution in [0.3, 0.4) is 0 Å². The van der Waals surface area contributed by atoms with E-state index in [-0.39, 0.29) is 22.7 Å². The number of hydrogen-bond acceptors (Lipinski definition) is 6. The third-order valence-corrected chi connectivity index (χ3v) is 7.59. The Bertz CT molecular complexity index is 1120. The van der Waals surface area contributed by atoms with Crippen molar-refractivity contribution in [3.8, 4) is 0 Å². The van der Waals surface area contributed by atoms with Crippen LogP contribution in [0.4, 0.5) is 11.4 Å². The molecule has 1 saturated heterocycles. The molecular formula is C26H35N3O5S. The number of sulfonamides is 1. The quantitative estimate of drug-likeness (QED) is 0.472. The highest BCUT2D eigenvalue weighted by Crippen LogP contribution is 2.33. The van der Waals surface area contributed by atoms with Crippen molar-refractivity contribution in [1.82, 2.24) is 4.72 Å². The van der Waals surface area contributed by atoms with Gasteiger partial charge in [0.15, 0.2) is 0 Å². The Morgan fingerprint density at radius 2 is 1.89 bits per heavy atom. The van der Waals surface area contributed by atoms with Gasteiger partial charge in [-0.05, 0) is 56.9 Å². The molecule has 1 heterocycles. The number of carbonyl (C=O) groups excluding carboxylic acids is 2. The molecule has 2 N–H and O–H groups in total. The van der Waals surface area contributed by atoms with E-state index >= 15 is 0 Å². The fourth-order valence-electron chi connectivity index (χ4n) is 4.27. The molecule has 2 atom stereocenters. The molecule has 1 amide bonds. The number of rotatable bonds is 10. The first-order valence-corrected chi connectivity index (χ1v) is 13.7. The van der Waals surface area contributed by atoms with Gasteiger partial charge >= 0.3 is 5.97 Å². The zero-order valence-corrected chi connectivity index (χ0v) is 21.4. The average molecular weight is 502 g/mol. The number of carbonyl (C=O) groups is 2. The number of amides is 1. The van der Waals surface area contributed by atoms with E-state index in [4.69, 9.17) is 4.74 Å². The summed E-state index contributed by atoms with van der Waals surface area (Å²) < 4.78 is 35.2. The van der Waals surface area contributed by atoms with Gasteiger partial charge in [0.1, 0.15) is 4.90 Å². The van der Waals surface area contributed by atoms with Crippen LogP contribution in [0.25, 0.3) is 0 Å². The Morgan fingerprint density at radius 1 is 1.14 bits per heavy atom. The summed E-state index contributed by atoms with van der Waals surface area (Å²) >= 11 is 0. The topological polar surface area (TPSA) is 105 Å². The molecule has 2 aromatic rings. The average Bonchev–Trinajstić information content (AvgIpc) is 2.84. The molecule has 0 radical (unpaired) electrons. The Balaban J connectivity index is 1.95. The highest BCUT2D eigenvalue weighted by atomic mass is 32.2. The molecule has 8 nitrogen and oxygen atoms in total. The molecule has 190 valence electrons. The Hall–Kier alpha value is -2.91. The second-order valence-corrected chi connectivity index (χ2v) is 10.5. The number of nitrogens with one attached hydrogen (secondary N) is 2. The predicted octanol–water partition coefficient (Wildman–Crippen LogP) is 4.24. The van der Waals surface area contributed by atoms with Crippen molar-refractivity contribution in [3.63, 3.8) is 0 Å². The van der Waals surface area contributed by atoms with Gasteiger partial charge in [0.05, 0.1) is 18.2 Å². The first-order valence-electron chi connectivity index (χ1n) is 12.2. The van der Waals surface area contributed by atoms with E-state index < -0.39 is 16.1 Å². The Morgan fingerprint density at radius 3 is 2.57 bits per heavy atom. The van der Waals surface area contributed by atoms with Crippen LogP contribution < -0.4 is 14.9 Å². The molecule has 0 unspecified atom stereocenters. The minimum Gasteiger partial charge on any atom is -0.466 e. The predicted molar refractivity (Wildman–Crippen MR) is 137 cm³/mol. The van der Waals surface area contributed by atoms with Crippen molar-refractivity contribution >= 4 is 33.3 Å². The van der Waals surface area contributed by atoms with Crippen LogP contribution in [-0.2, 0) is 24.3 Å². The number of ether oxygens (including phenoxy) is 1. The van der Waals surface area contributed by atoms with Gasteiger partial charge in [-0.15, -0.1) is 0 Å². The van der Waals surface area contributed by atoms with E-state index in [1.54, 1.807) is 26.0 Å². The molecule has 2 aromatic carbocycles. The van der Waals surface area contributed by atoms with Gasteiger partial charge in [-0.1, -0.05) is 37.3 Å². The molecule has 0 aromatic heterocycles. The van der Waals surface area contributed by atoms with Crippen LogP contribution in [0, 0.1) is 5.92 Å². The molecule has 9 heteroatoms. The summed E-state index contributed by atoms with van der Waals surface area (Å²) in [6.45, 7) is 6.77. The fraction of sp³-hybridized carbons (Fsp3) is 0.462. The van der Waals surface area contributed by atoms with Crippen LogP contribution in [0.15, 0.2) is 53.4 Å². The lowest BCUT2D eigenvalue weighted by Gasteiger charge is -2.34. The van der Waals surface area contributed by atoms with E-state index in [2.05, 4.69) is 10.0 Å². The van der Waals surface area contributed by atoms with Crippen molar-refractivity contribution in [2.75, 3.05) is 29.9 Å². The second-order valence-electron chi connectivity index (χ2n) is 8.77. The minimum absolute atomic E-state index is 0.0686. The van der Waals surface area contributed by atoms with Gasteiger partial charge < -0.3 is 15.0 Å². The molecular weight excluding hydrogens is 466 g/mol. The summed E-state index contributed by atoms with van der Waals surface area (Å²) in [4.78, 5) is 26.5. The molecule has 1 aliphatic heterocycles. The molecule has 1 fully saturated rings. The largest absolute Gasteiger partial charge is 0.466 e. The highest BCUT2D eigenvalue weighted by Gasteiger charge is 2.31. The van der Waals surface area contributed by atoms with Gasteiger partial charge in [0.2, 0.25) is 15.9 Å². The van der Waals surface area contributed by atoms with Gasteiger partial charge in [-0.2, -0.15) is 0 Å². The van der Waals surface area contributed by atoms with Gasteiger partial charge in [-0.25, -0.2) is 13.1 Å². The lowest BCUT2D eigenvalue weighted by atomic mass is 9.97. The molecule has 0 saturated carbocycles. The van der Waals surface area contributed by atoms with Crippen LogP contribution >= 0.6 is 0 Å². The number of nitrogens with zero attached hydrogens (tertiary/aromatic N) is 1. The maximum absolute atomic E-state index is 13.6. The maximum atomic E-state index is 13.6. The lowest BCUT2D eigenvalue weighted by molar-refractivity contribution is -0.148. The monoisotopic (exact) mass is 501 g/mol. The molecule has 0 aliphatic carbocycles. The SMILES string of the molecule is CCCC(=O)Nc1ccc(N2CCC[C@@H](C(=O)OCC)C2)c(S(=O)(=O)N[C@H](C)c2ccccc2)c1. The zero-order chi connectivity index (χ0) is 25.4. The molecule has 3 rings (SSSR count). The third kappa shape index (κ3) is 7.05. The number of benzene rings is 2. The van der Waals surface area contributed by atoms with Crippen LogP contribution in [0.2, 0.25) is 0 Å². The Kier molecular flexibility index (Phi) is 9.28. The molecule has 0 spiro atoms. The fourth-order valence-corrected chi connectivity index (χ4v) is 5.76. The summed E-state index contributed by atoms with van der Waals surface area (Å²) in [5.41, 5.74) is 1.75. The van der Waals surface area contributed by atoms with E-state index in [1.165, 1.54) is 6.07 Å². The van der Waals surface area contributed by atoms with Crippen molar-refractivity contribution < 1.29 is 22.7 Å². The molecule has 0 bridgehead atoms.